The third kappa shape index (κ3) is 3.71. The number of benzene rings is 1. The molecule has 1 spiro atoms. The van der Waals surface area contributed by atoms with Crippen molar-refractivity contribution in [3.63, 3.8) is 0 Å². The number of amides is 3. The van der Waals surface area contributed by atoms with E-state index in [1.54, 1.807) is 18.2 Å². The van der Waals surface area contributed by atoms with Crippen molar-refractivity contribution >= 4 is 46.9 Å². The van der Waals surface area contributed by atoms with Crippen molar-refractivity contribution in [3.8, 4) is 0 Å². The number of piperidine rings is 1. The Morgan fingerprint density at radius 2 is 1.92 bits per heavy atom. The third-order valence-electron chi connectivity index (χ3n) is 4.75. The molecule has 1 aromatic rings. The van der Waals surface area contributed by atoms with Crippen LogP contribution in [0.3, 0.4) is 0 Å². The Morgan fingerprint density at radius 3 is 2.56 bits per heavy atom. The Hall–Kier alpha value is -1.11. The van der Waals surface area contributed by atoms with Crippen LogP contribution in [0.1, 0.15) is 30.1 Å². The van der Waals surface area contributed by atoms with Crippen molar-refractivity contribution in [2.24, 2.45) is 0 Å². The lowest BCUT2D eigenvalue weighted by Crippen LogP contribution is -2.55. The molecule has 2 aliphatic heterocycles. The molecule has 0 aliphatic carbocycles. The molecule has 0 aromatic heterocycles. The van der Waals surface area contributed by atoms with Gasteiger partial charge in [-0.05, 0) is 38.0 Å². The molecule has 8 heteroatoms. The van der Waals surface area contributed by atoms with Crippen LogP contribution in [0, 0.1) is 0 Å². The van der Waals surface area contributed by atoms with Gasteiger partial charge in [0.25, 0.3) is 5.91 Å². The Morgan fingerprint density at radius 1 is 1.20 bits per heavy atom. The summed E-state index contributed by atoms with van der Waals surface area (Å²) in [5.74, 6) is 0.892. The molecule has 25 heavy (non-hydrogen) atoms. The van der Waals surface area contributed by atoms with Gasteiger partial charge >= 0.3 is 6.03 Å². The van der Waals surface area contributed by atoms with Gasteiger partial charge in [-0.2, -0.15) is 0 Å². The van der Waals surface area contributed by atoms with Gasteiger partial charge in [0.1, 0.15) is 0 Å². The number of rotatable bonds is 2. The highest BCUT2D eigenvalue weighted by molar-refractivity contribution is 8.00. The van der Waals surface area contributed by atoms with Crippen LogP contribution in [0.2, 0.25) is 10.0 Å². The average molecular weight is 402 g/mol. The second kappa shape index (κ2) is 7.64. The lowest BCUT2D eigenvalue weighted by Gasteiger charge is -2.44. The quantitative estimate of drug-likeness (QED) is 0.821. The first kappa shape index (κ1) is 18.7. The number of likely N-dealkylation sites (tertiary alicyclic amines) is 1. The highest BCUT2D eigenvalue weighted by Crippen LogP contribution is 2.44. The molecular formula is C17H21Cl2N3O2S. The monoisotopic (exact) mass is 401 g/mol. The summed E-state index contributed by atoms with van der Waals surface area (Å²) in [6.45, 7) is 4.56. The van der Waals surface area contributed by atoms with Gasteiger partial charge in [0, 0.05) is 37.5 Å². The highest BCUT2D eigenvalue weighted by Gasteiger charge is 2.47. The minimum Gasteiger partial charge on any atom is -0.338 e. The van der Waals surface area contributed by atoms with E-state index < -0.39 is 0 Å². The van der Waals surface area contributed by atoms with Gasteiger partial charge in [0.15, 0.2) is 0 Å². The van der Waals surface area contributed by atoms with Crippen LogP contribution in [0.15, 0.2) is 18.2 Å². The summed E-state index contributed by atoms with van der Waals surface area (Å²) in [6.07, 6.45) is 1.56. The molecule has 5 nitrogen and oxygen atoms in total. The number of hydrogen-bond donors (Lipinski definition) is 1. The van der Waals surface area contributed by atoms with E-state index in [0.717, 1.165) is 18.6 Å². The maximum absolute atomic E-state index is 13.0. The van der Waals surface area contributed by atoms with Gasteiger partial charge in [-0.15, -0.1) is 11.8 Å². The lowest BCUT2D eigenvalue weighted by atomic mass is 10.0. The molecule has 0 unspecified atom stereocenters. The molecule has 1 aromatic carbocycles. The van der Waals surface area contributed by atoms with E-state index >= 15 is 0 Å². The molecule has 2 heterocycles. The number of thioether (sulfide) groups is 1. The predicted molar refractivity (Wildman–Crippen MR) is 103 cm³/mol. The number of nitrogens with zero attached hydrogens (tertiary/aromatic N) is 2. The summed E-state index contributed by atoms with van der Waals surface area (Å²) in [7, 11) is 0. The third-order valence-corrected chi connectivity index (χ3v) is 7.04. The molecule has 2 saturated heterocycles. The zero-order valence-electron chi connectivity index (χ0n) is 14.1. The van der Waals surface area contributed by atoms with E-state index in [9.17, 15) is 9.59 Å². The molecule has 0 bridgehead atoms. The molecular weight excluding hydrogens is 381 g/mol. The number of hydrogen-bond acceptors (Lipinski definition) is 3. The van der Waals surface area contributed by atoms with Crippen LogP contribution in [-0.4, -0.2) is 58.5 Å². The first-order valence-electron chi connectivity index (χ1n) is 8.40. The summed E-state index contributed by atoms with van der Waals surface area (Å²) >= 11 is 13.8. The molecule has 0 radical (unpaired) electrons. The van der Waals surface area contributed by atoms with E-state index in [-0.39, 0.29) is 16.8 Å². The van der Waals surface area contributed by atoms with Crippen LogP contribution < -0.4 is 5.32 Å². The molecule has 3 amide bonds. The largest absolute Gasteiger partial charge is 0.338 e. The zero-order valence-corrected chi connectivity index (χ0v) is 16.4. The fraction of sp³-hybridized carbons (Fsp3) is 0.529. The summed E-state index contributed by atoms with van der Waals surface area (Å²) in [4.78, 5) is 28.6. The Bertz CT molecular complexity index is 678. The topological polar surface area (TPSA) is 52.7 Å². The van der Waals surface area contributed by atoms with E-state index in [1.165, 1.54) is 0 Å². The first-order valence-corrected chi connectivity index (χ1v) is 10.1. The molecule has 0 atom stereocenters. The first-order chi connectivity index (χ1) is 12.0. The number of carbonyl (C=O) groups excluding carboxylic acids is 2. The Labute approximate surface area is 162 Å². The minimum atomic E-state index is -0.230. The number of halogens is 2. The Kier molecular flexibility index (Phi) is 5.71. The second-order valence-electron chi connectivity index (χ2n) is 6.20. The zero-order chi connectivity index (χ0) is 18.0. The standard InChI is InChI=1S/C17H21Cl2N3O2S/c1-2-20-16(24)21-7-5-17(6-8-21)22(9-10-25-17)15(23)12-3-4-13(18)14(19)11-12/h3-4,11H,2,5-10H2,1H3,(H,20,24). The van der Waals surface area contributed by atoms with Crippen molar-refractivity contribution in [3.05, 3.63) is 33.8 Å². The van der Waals surface area contributed by atoms with Crippen molar-refractivity contribution in [1.82, 2.24) is 15.1 Å². The molecule has 2 aliphatic rings. The van der Waals surface area contributed by atoms with E-state index in [0.29, 0.717) is 41.8 Å². The van der Waals surface area contributed by atoms with Crippen LogP contribution in [0.25, 0.3) is 0 Å². The van der Waals surface area contributed by atoms with Crippen LogP contribution in [0.4, 0.5) is 4.79 Å². The van der Waals surface area contributed by atoms with Gasteiger partial charge in [-0.1, -0.05) is 23.2 Å². The molecule has 136 valence electrons. The molecule has 3 rings (SSSR count). The van der Waals surface area contributed by atoms with Crippen LogP contribution >= 0.6 is 35.0 Å². The highest BCUT2D eigenvalue weighted by atomic mass is 35.5. The average Bonchev–Trinajstić information content (AvgIpc) is 3.00. The van der Waals surface area contributed by atoms with Crippen LogP contribution in [-0.2, 0) is 0 Å². The fourth-order valence-electron chi connectivity index (χ4n) is 3.42. The van der Waals surface area contributed by atoms with E-state index in [2.05, 4.69) is 5.32 Å². The SMILES string of the molecule is CCNC(=O)N1CCC2(CC1)SCCN2C(=O)c1ccc(Cl)c(Cl)c1. The summed E-state index contributed by atoms with van der Waals surface area (Å²) in [6, 6.07) is 4.98. The van der Waals surface area contributed by atoms with E-state index in [4.69, 9.17) is 23.2 Å². The van der Waals surface area contributed by atoms with Gasteiger partial charge in [0.2, 0.25) is 0 Å². The van der Waals surface area contributed by atoms with Crippen molar-refractivity contribution in [2.45, 2.75) is 24.6 Å². The van der Waals surface area contributed by atoms with Crippen molar-refractivity contribution in [2.75, 3.05) is 31.9 Å². The normalized spacial score (nSPS) is 19.3. The maximum Gasteiger partial charge on any atom is 0.317 e. The summed E-state index contributed by atoms with van der Waals surface area (Å²) in [5, 5.41) is 3.67. The van der Waals surface area contributed by atoms with E-state index in [1.807, 2.05) is 28.5 Å². The fourth-order valence-corrected chi connectivity index (χ4v) is 5.17. The molecule has 1 N–H and O–H groups in total. The smallest absolute Gasteiger partial charge is 0.317 e. The number of nitrogens with one attached hydrogen (secondary N) is 1. The van der Waals surface area contributed by atoms with Crippen molar-refractivity contribution in [1.29, 1.82) is 0 Å². The lowest BCUT2D eigenvalue weighted by molar-refractivity contribution is 0.0581. The molecule has 2 fully saturated rings. The summed E-state index contributed by atoms with van der Waals surface area (Å²) < 4.78 is 0. The Balaban J connectivity index is 1.73. The van der Waals surface area contributed by atoms with Crippen LogP contribution in [0.5, 0.6) is 0 Å². The minimum absolute atomic E-state index is 0.0185. The second-order valence-corrected chi connectivity index (χ2v) is 8.47. The van der Waals surface area contributed by atoms with Gasteiger partial charge in [0.05, 0.1) is 14.9 Å². The number of carbonyl (C=O) groups is 2. The molecule has 0 saturated carbocycles. The predicted octanol–water partition coefficient (Wildman–Crippen LogP) is 3.70. The van der Waals surface area contributed by atoms with Gasteiger partial charge in [-0.25, -0.2) is 4.79 Å². The maximum atomic E-state index is 13.0. The van der Waals surface area contributed by atoms with Crippen molar-refractivity contribution < 1.29 is 9.59 Å². The van der Waals surface area contributed by atoms with Gasteiger partial charge in [-0.3, -0.25) is 4.79 Å². The summed E-state index contributed by atoms with van der Waals surface area (Å²) in [5.41, 5.74) is 0.558. The number of urea groups is 1. The van der Waals surface area contributed by atoms with Gasteiger partial charge < -0.3 is 15.1 Å².